The normalized spacial score (nSPS) is 10.5. The van der Waals surface area contributed by atoms with Crippen molar-refractivity contribution in [3.63, 3.8) is 0 Å². The molecule has 0 saturated heterocycles. The van der Waals surface area contributed by atoms with E-state index in [9.17, 15) is 4.79 Å². The van der Waals surface area contributed by atoms with Crippen molar-refractivity contribution < 1.29 is 4.79 Å². The van der Waals surface area contributed by atoms with Crippen LogP contribution in [0.2, 0.25) is 5.02 Å². The second-order valence-corrected chi connectivity index (χ2v) is 3.24. The Bertz CT molecular complexity index is 374. The van der Waals surface area contributed by atoms with Gasteiger partial charge in [0, 0.05) is 6.20 Å². The third kappa shape index (κ3) is 2.85. The summed E-state index contributed by atoms with van der Waals surface area (Å²) in [4.78, 5) is 15.2. The number of amides is 1. The fraction of sp³-hybridized carbons (Fsp3) is 0.200. The summed E-state index contributed by atoms with van der Waals surface area (Å²) in [5, 5.41) is 3.20. The van der Waals surface area contributed by atoms with Crippen molar-refractivity contribution in [2.75, 3.05) is 5.32 Å². The van der Waals surface area contributed by atoms with E-state index in [4.69, 9.17) is 11.6 Å². The quantitative estimate of drug-likeness (QED) is 0.763. The van der Waals surface area contributed by atoms with Crippen LogP contribution in [0.25, 0.3) is 0 Å². The molecular formula is C10H11ClN2O. The lowest BCUT2D eigenvalue weighted by atomic mass is 10.3. The van der Waals surface area contributed by atoms with E-state index in [1.165, 1.54) is 12.3 Å². The van der Waals surface area contributed by atoms with Crippen molar-refractivity contribution in [1.29, 1.82) is 0 Å². The molecule has 1 N–H and O–H groups in total. The number of nitrogens with one attached hydrogen (secondary N) is 1. The number of nitrogens with zero attached hydrogens (tertiary/aromatic N) is 1. The zero-order valence-electron chi connectivity index (χ0n) is 8.04. The summed E-state index contributed by atoms with van der Waals surface area (Å²) in [6, 6.07) is 1.75. The Morgan fingerprint density at radius 3 is 2.93 bits per heavy atom. The molecule has 1 aromatic heterocycles. The Kier molecular flexibility index (Phi) is 3.65. The van der Waals surface area contributed by atoms with Crippen molar-refractivity contribution in [1.82, 2.24) is 4.98 Å². The highest BCUT2D eigenvalue weighted by Crippen LogP contribution is 2.15. The summed E-state index contributed by atoms with van der Waals surface area (Å²) in [7, 11) is 0. The van der Waals surface area contributed by atoms with E-state index < -0.39 is 0 Å². The Morgan fingerprint density at radius 2 is 2.36 bits per heavy atom. The predicted octanol–water partition coefficient (Wildman–Crippen LogP) is 2.56. The van der Waals surface area contributed by atoms with E-state index in [1.54, 1.807) is 19.1 Å². The molecule has 0 atom stereocenters. The van der Waals surface area contributed by atoms with Crippen LogP contribution in [0, 0.1) is 6.92 Å². The third-order valence-electron chi connectivity index (χ3n) is 1.60. The molecule has 0 radical (unpaired) electrons. The maximum atomic E-state index is 11.2. The molecule has 4 heteroatoms. The number of allylic oxidation sites excluding steroid dienone is 1. The van der Waals surface area contributed by atoms with Gasteiger partial charge in [-0.1, -0.05) is 17.7 Å². The molecule has 74 valence electrons. The van der Waals surface area contributed by atoms with Crippen molar-refractivity contribution in [3.8, 4) is 0 Å². The largest absolute Gasteiger partial charge is 0.307 e. The van der Waals surface area contributed by atoms with Crippen molar-refractivity contribution in [2.24, 2.45) is 0 Å². The number of rotatable bonds is 2. The van der Waals surface area contributed by atoms with Crippen molar-refractivity contribution in [2.45, 2.75) is 13.8 Å². The van der Waals surface area contributed by atoms with Gasteiger partial charge < -0.3 is 5.32 Å². The first-order chi connectivity index (χ1) is 6.63. The molecular weight excluding hydrogens is 200 g/mol. The number of carbonyl (C=O) groups is 1. The molecule has 0 unspecified atom stereocenters. The molecule has 0 bridgehead atoms. The summed E-state index contributed by atoms with van der Waals surface area (Å²) in [5.41, 5.74) is 0.843. The number of aromatic nitrogens is 1. The van der Waals surface area contributed by atoms with Gasteiger partial charge in [0.2, 0.25) is 5.91 Å². The molecule has 1 aromatic rings. The van der Waals surface area contributed by atoms with Gasteiger partial charge in [-0.15, -0.1) is 0 Å². The molecule has 1 heterocycles. The van der Waals surface area contributed by atoms with Gasteiger partial charge in [0.1, 0.15) is 5.82 Å². The van der Waals surface area contributed by atoms with E-state index in [-0.39, 0.29) is 5.91 Å². The van der Waals surface area contributed by atoms with Crippen LogP contribution < -0.4 is 5.32 Å². The number of aryl methyl sites for hydroxylation is 1. The first-order valence-electron chi connectivity index (χ1n) is 4.19. The minimum Gasteiger partial charge on any atom is -0.307 e. The topological polar surface area (TPSA) is 42.0 Å². The summed E-state index contributed by atoms with van der Waals surface area (Å²) in [6.45, 7) is 3.62. The summed E-state index contributed by atoms with van der Waals surface area (Å²) in [5.74, 6) is 0.350. The van der Waals surface area contributed by atoms with Crippen LogP contribution in [0.4, 0.5) is 5.82 Å². The molecule has 3 nitrogen and oxygen atoms in total. The van der Waals surface area contributed by atoms with Gasteiger partial charge in [0.25, 0.3) is 0 Å². The van der Waals surface area contributed by atoms with Crippen molar-refractivity contribution in [3.05, 3.63) is 35.0 Å². The third-order valence-corrected chi connectivity index (χ3v) is 1.81. The molecule has 0 saturated carbocycles. The van der Waals surface area contributed by atoms with Crippen LogP contribution in [0.15, 0.2) is 24.4 Å². The molecule has 0 aliphatic carbocycles. The SMILES string of the molecule is C/C=C/C(=O)Nc1ncc(Cl)cc1C. The number of carbonyl (C=O) groups excluding carboxylic acids is 1. The fourth-order valence-electron chi connectivity index (χ4n) is 0.981. The molecule has 0 spiro atoms. The number of pyridine rings is 1. The molecule has 1 amide bonds. The van der Waals surface area contributed by atoms with Crippen LogP contribution in [0.3, 0.4) is 0 Å². The Morgan fingerprint density at radius 1 is 1.64 bits per heavy atom. The second-order valence-electron chi connectivity index (χ2n) is 2.81. The molecule has 0 aliphatic heterocycles. The lowest BCUT2D eigenvalue weighted by Gasteiger charge is -2.04. The van der Waals surface area contributed by atoms with E-state index >= 15 is 0 Å². The lowest BCUT2D eigenvalue weighted by molar-refractivity contribution is -0.111. The van der Waals surface area contributed by atoms with Gasteiger partial charge in [-0.05, 0) is 31.6 Å². The Labute approximate surface area is 87.8 Å². The first-order valence-corrected chi connectivity index (χ1v) is 4.57. The Hall–Kier alpha value is -1.35. The van der Waals surface area contributed by atoms with Crippen LogP contribution in [0.1, 0.15) is 12.5 Å². The smallest absolute Gasteiger partial charge is 0.249 e. The van der Waals surface area contributed by atoms with Gasteiger partial charge in [0.05, 0.1) is 5.02 Å². The summed E-state index contributed by atoms with van der Waals surface area (Å²) >= 11 is 5.73. The van der Waals surface area contributed by atoms with Crippen LogP contribution in [-0.4, -0.2) is 10.9 Å². The maximum absolute atomic E-state index is 11.2. The highest BCUT2D eigenvalue weighted by Gasteiger charge is 2.02. The van der Waals surface area contributed by atoms with Gasteiger partial charge in [-0.2, -0.15) is 0 Å². The zero-order chi connectivity index (χ0) is 10.6. The molecule has 0 fully saturated rings. The maximum Gasteiger partial charge on any atom is 0.249 e. The minimum atomic E-state index is -0.189. The molecule has 14 heavy (non-hydrogen) atoms. The van der Waals surface area contributed by atoms with Gasteiger partial charge in [-0.25, -0.2) is 4.98 Å². The lowest BCUT2D eigenvalue weighted by Crippen LogP contribution is -2.10. The number of halogens is 1. The average molecular weight is 211 g/mol. The van der Waals surface area contributed by atoms with Crippen molar-refractivity contribution >= 4 is 23.3 Å². The second kappa shape index (κ2) is 4.77. The molecule has 1 rings (SSSR count). The summed E-state index contributed by atoms with van der Waals surface area (Å²) < 4.78 is 0. The highest BCUT2D eigenvalue weighted by molar-refractivity contribution is 6.30. The van der Waals surface area contributed by atoms with Gasteiger partial charge in [0.15, 0.2) is 0 Å². The van der Waals surface area contributed by atoms with Gasteiger partial charge >= 0.3 is 0 Å². The number of anilines is 1. The van der Waals surface area contributed by atoms with Crippen LogP contribution >= 0.6 is 11.6 Å². The van der Waals surface area contributed by atoms with E-state index in [2.05, 4.69) is 10.3 Å². The fourth-order valence-corrected chi connectivity index (χ4v) is 1.19. The molecule has 0 aliphatic rings. The molecule has 0 aromatic carbocycles. The average Bonchev–Trinajstić information content (AvgIpc) is 2.10. The highest BCUT2D eigenvalue weighted by atomic mass is 35.5. The van der Waals surface area contributed by atoms with E-state index in [1.807, 2.05) is 6.92 Å². The number of hydrogen-bond donors (Lipinski definition) is 1. The zero-order valence-corrected chi connectivity index (χ0v) is 8.80. The predicted molar refractivity (Wildman–Crippen MR) is 57.4 cm³/mol. The van der Waals surface area contributed by atoms with Crippen LogP contribution in [-0.2, 0) is 4.79 Å². The monoisotopic (exact) mass is 210 g/mol. The van der Waals surface area contributed by atoms with Crippen LogP contribution in [0.5, 0.6) is 0 Å². The van der Waals surface area contributed by atoms with E-state index in [0.717, 1.165) is 5.56 Å². The van der Waals surface area contributed by atoms with E-state index in [0.29, 0.717) is 10.8 Å². The Balaban J connectivity index is 2.82. The first kappa shape index (κ1) is 10.7. The standard InChI is InChI=1S/C10H11ClN2O/c1-3-4-9(14)13-10-7(2)5-8(11)6-12-10/h3-6H,1-2H3,(H,12,13,14)/b4-3+. The summed E-state index contributed by atoms with van der Waals surface area (Å²) in [6.07, 6.45) is 4.61. The van der Waals surface area contributed by atoms with Gasteiger partial charge in [-0.3, -0.25) is 4.79 Å². The minimum absolute atomic E-state index is 0.189. The number of hydrogen-bond acceptors (Lipinski definition) is 2.